The van der Waals surface area contributed by atoms with Gasteiger partial charge in [0.2, 0.25) is 11.7 Å². The Kier molecular flexibility index (Phi) is 4.54. The first-order valence-corrected chi connectivity index (χ1v) is 7.52. The van der Waals surface area contributed by atoms with Crippen LogP contribution in [0.2, 0.25) is 0 Å². The number of carbonyl (C=O) groups is 1. The second kappa shape index (κ2) is 6.66. The maximum absolute atomic E-state index is 12.8. The molecule has 9 heteroatoms. The minimum Gasteiger partial charge on any atom is -0.449 e. The Labute approximate surface area is 145 Å². The average molecular weight is 366 g/mol. The molecule has 2 heterocycles. The van der Waals surface area contributed by atoms with Crippen LogP contribution in [-0.2, 0) is 10.9 Å². The molecule has 1 unspecified atom stereocenters. The number of nitrogens with zero attached hydrogens (tertiary/aromatic N) is 2. The Morgan fingerprint density at radius 3 is 2.58 bits per heavy atom. The van der Waals surface area contributed by atoms with E-state index in [2.05, 4.69) is 10.2 Å². The molecule has 26 heavy (non-hydrogen) atoms. The summed E-state index contributed by atoms with van der Waals surface area (Å²) < 4.78 is 54.0. The normalized spacial score (nSPS) is 12.8. The summed E-state index contributed by atoms with van der Waals surface area (Å²) >= 11 is 0. The highest BCUT2D eigenvalue weighted by Crippen LogP contribution is 2.32. The summed E-state index contributed by atoms with van der Waals surface area (Å²) in [7, 11) is 0. The van der Waals surface area contributed by atoms with Crippen LogP contribution in [0.1, 0.15) is 40.9 Å². The summed E-state index contributed by atoms with van der Waals surface area (Å²) in [6, 6.07) is 7.33. The van der Waals surface area contributed by atoms with Gasteiger partial charge in [0, 0.05) is 12.5 Å². The molecule has 136 valence electrons. The second-order valence-electron chi connectivity index (χ2n) is 5.45. The van der Waals surface area contributed by atoms with Gasteiger partial charge in [0.1, 0.15) is 5.76 Å². The van der Waals surface area contributed by atoms with Crippen LogP contribution in [0.15, 0.2) is 45.2 Å². The van der Waals surface area contributed by atoms with Crippen LogP contribution in [0.25, 0.3) is 11.3 Å². The quantitative estimate of drug-likeness (QED) is 0.629. The first-order valence-electron chi connectivity index (χ1n) is 7.52. The molecule has 1 aromatic carbocycles. The summed E-state index contributed by atoms with van der Waals surface area (Å²) in [4.78, 5) is 12.1. The van der Waals surface area contributed by atoms with Gasteiger partial charge in [-0.1, -0.05) is 12.1 Å². The zero-order chi connectivity index (χ0) is 18.9. The molecule has 0 spiro atoms. The molecule has 6 nitrogen and oxygen atoms in total. The number of esters is 1. The molecule has 0 bridgehead atoms. The van der Waals surface area contributed by atoms with Gasteiger partial charge >= 0.3 is 12.1 Å². The highest BCUT2D eigenvalue weighted by atomic mass is 19.4. The van der Waals surface area contributed by atoms with Gasteiger partial charge in [0.15, 0.2) is 6.10 Å². The van der Waals surface area contributed by atoms with Crippen molar-refractivity contribution in [2.75, 3.05) is 0 Å². The largest absolute Gasteiger partial charge is 0.449 e. The van der Waals surface area contributed by atoms with Crippen molar-refractivity contribution in [2.45, 2.75) is 26.1 Å². The highest BCUT2D eigenvalue weighted by Gasteiger charge is 2.30. The van der Waals surface area contributed by atoms with Crippen molar-refractivity contribution in [3.8, 4) is 11.3 Å². The topological polar surface area (TPSA) is 78.4 Å². The van der Waals surface area contributed by atoms with Crippen LogP contribution in [0, 0.1) is 6.92 Å². The SMILES string of the molecule is Cc1nnc(C(C)OC(=O)c2ccc(-c3cccc(C(F)(F)F)c3)o2)o1. The van der Waals surface area contributed by atoms with Crippen LogP contribution in [0.4, 0.5) is 13.2 Å². The number of benzene rings is 1. The van der Waals surface area contributed by atoms with E-state index in [0.29, 0.717) is 5.89 Å². The molecule has 0 saturated heterocycles. The molecule has 0 amide bonds. The molecular formula is C17H13F3N2O4. The molecule has 3 aromatic rings. The van der Waals surface area contributed by atoms with Crippen molar-refractivity contribution in [2.24, 2.45) is 0 Å². The molecule has 2 aromatic heterocycles. The van der Waals surface area contributed by atoms with Gasteiger partial charge in [-0.25, -0.2) is 4.79 Å². The number of rotatable bonds is 4. The molecule has 0 radical (unpaired) electrons. The molecule has 1 atom stereocenters. The molecule has 0 N–H and O–H groups in total. The van der Waals surface area contributed by atoms with Crippen LogP contribution in [-0.4, -0.2) is 16.2 Å². The first-order chi connectivity index (χ1) is 12.2. The molecular weight excluding hydrogens is 353 g/mol. The lowest BCUT2D eigenvalue weighted by Gasteiger charge is -2.08. The van der Waals surface area contributed by atoms with Gasteiger partial charge in [-0.3, -0.25) is 0 Å². The van der Waals surface area contributed by atoms with Gasteiger partial charge in [0.25, 0.3) is 5.89 Å². The second-order valence-corrected chi connectivity index (χ2v) is 5.45. The molecule has 0 aliphatic heterocycles. The lowest BCUT2D eigenvalue weighted by Crippen LogP contribution is -2.08. The number of alkyl halides is 3. The number of hydrogen-bond donors (Lipinski definition) is 0. The monoisotopic (exact) mass is 366 g/mol. The highest BCUT2D eigenvalue weighted by molar-refractivity contribution is 5.87. The predicted molar refractivity (Wildman–Crippen MR) is 82.0 cm³/mol. The standard InChI is InChI=1S/C17H13F3N2O4/c1-9(15-22-21-10(2)25-15)24-16(23)14-7-6-13(26-14)11-4-3-5-12(8-11)17(18,19)20/h3-9H,1-2H3. The summed E-state index contributed by atoms with van der Waals surface area (Å²) in [5, 5.41) is 7.38. The Hall–Kier alpha value is -3.10. The zero-order valence-corrected chi connectivity index (χ0v) is 13.7. The van der Waals surface area contributed by atoms with Crippen molar-refractivity contribution in [3.63, 3.8) is 0 Å². The van der Waals surface area contributed by atoms with E-state index in [4.69, 9.17) is 13.6 Å². The number of hydrogen-bond acceptors (Lipinski definition) is 6. The first kappa shape index (κ1) is 17.7. The minimum absolute atomic E-state index is 0.115. The molecule has 0 saturated carbocycles. The van der Waals surface area contributed by atoms with Crippen LogP contribution in [0.5, 0.6) is 0 Å². The molecule has 3 rings (SSSR count). The third-order valence-electron chi connectivity index (χ3n) is 3.45. The summed E-state index contributed by atoms with van der Waals surface area (Å²) in [5.41, 5.74) is -0.615. The van der Waals surface area contributed by atoms with Crippen LogP contribution in [0.3, 0.4) is 0 Å². The Bertz CT molecular complexity index is 930. The van der Waals surface area contributed by atoms with Crippen molar-refractivity contribution >= 4 is 5.97 Å². The minimum atomic E-state index is -4.47. The third kappa shape index (κ3) is 3.76. The van der Waals surface area contributed by atoms with Crippen molar-refractivity contribution < 1.29 is 31.5 Å². The van der Waals surface area contributed by atoms with E-state index in [-0.39, 0.29) is 23.0 Å². The van der Waals surface area contributed by atoms with Gasteiger partial charge in [-0.05, 0) is 31.2 Å². The Morgan fingerprint density at radius 2 is 1.92 bits per heavy atom. The van der Waals surface area contributed by atoms with Crippen LogP contribution < -0.4 is 0 Å². The van der Waals surface area contributed by atoms with Gasteiger partial charge in [-0.2, -0.15) is 13.2 Å². The third-order valence-corrected chi connectivity index (χ3v) is 3.45. The van der Waals surface area contributed by atoms with E-state index < -0.39 is 23.8 Å². The summed E-state index contributed by atoms with van der Waals surface area (Å²) in [5.74, 6) is -0.385. The van der Waals surface area contributed by atoms with E-state index in [1.54, 1.807) is 13.8 Å². The van der Waals surface area contributed by atoms with E-state index in [1.807, 2.05) is 0 Å². The molecule has 0 fully saturated rings. The number of furan rings is 1. The van der Waals surface area contributed by atoms with Crippen molar-refractivity contribution in [3.05, 3.63) is 59.5 Å². The van der Waals surface area contributed by atoms with E-state index >= 15 is 0 Å². The smallest absolute Gasteiger partial charge is 0.416 e. The fourth-order valence-corrected chi connectivity index (χ4v) is 2.20. The summed E-state index contributed by atoms with van der Waals surface area (Å²) in [6.45, 7) is 3.14. The molecule has 0 aliphatic carbocycles. The number of aromatic nitrogens is 2. The zero-order valence-electron chi connectivity index (χ0n) is 13.7. The Morgan fingerprint density at radius 1 is 1.15 bits per heavy atom. The van der Waals surface area contributed by atoms with Crippen LogP contribution >= 0.6 is 0 Å². The van der Waals surface area contributed by atoms with E-state index in [1.165, 1.54) is 24.3 Å². The number of halogens is 3. The fourth-order valence-electron chi connectivity index (χ4n) is 2.20. The van der Waals surface area contributed by atoms with Crippen molar-refractivity contribution in [1.29, 1.82) is 0 Å². The van der Waals surface area contributed by atoms with Gasteiger partial charge in [0.05, 0.1) is 5.56 Å². The number of ether oxygens (including phenoxy) is 1. The maximum atomic E-state index is 12.8. The van der Waals surface area contributed by atoms with E-state index in [9.17, 15) is 18.0 Å². The van der Waals surface area contributed by atoms with Gasteiger partial charge in [-0.15, -0.1) is 10.2 Å². The lowest BCUT2D eigenvalue weighted by molar-refractivity contribution is -0.137. The van der Waals surface area contributed by atoms with Crippen molar-refractivity contribution in [1.82, 2.24) is 10.2 Å². The van der Waals surface area contributed by atoms with E-state index in [0.717, 1.165) is 12.1 Å². The summed E-state index contributed by atoms with van der Waals surface area (Å²) in [6.07, 6.45) is -5.27. The maximum Gasteiger partial charge on any atom is 0.416 e. The lowest BCUT2D eigenvalue weighted by atomic mass is 10.1. The van der Waals surface area contributed by atoms with Gasteiger partial charge < -0.3 is 13.6 Å². The number of aryl methyl sites for hydroxylation is 1. The number of carbonyl (C=O) groups excluding carboxylic acids is 1. The Balaban J connectivity index is 1.76. The average Bonchev–Trinajstić information content (AvgIpc) is 3.23. The molecule has 0 aliphatic rings. The predicted octanol–water partition coefficient (Wildman–Crippen LogP) is 4.57. The fraction of sp³-hybridized carbons (Fsp3) is 0.235.